The molecule has 18 heavy (non-hydrogen) atoms. The predicted molar refractivity (Wildman–Crippen MR) is 72.6 cm³/mol. The van der Waals surface area contributed by atoms with Gasteiger partial charge in [-0.3, -0.25) is 4.79 Å². The summed E-state index contributed by atoms with van der Waals surface area (Å²) < 4.78 is 0. The van der Waals surface area contributed by atoms with E-state index in [2.05, 4.69) is 5.32 Å². The quantitative estimate of drug-likeness (QED) is 0.791. The van der Waals surface area contributed by atoms with Gasteiger partial charge in [0.15, 0.2) is 0 Å². The van der Waals surface area contributed by atoms with Gasteiger partial charge >= 0.3 is 5.97 Å². The van der Waals surface area contributed by atoms with E-state index in [1.165, 1.54) is 57.8 Å². The van der Waals surface area contributed by atoms with E-state index in [-0.39, 0.29) is 6.42 Å². The van der Waals surface area contributed by atoms with Crippen LogP contribution in [0, 0.1) is 11.8 Å². The highest BCUT2D eigenvalue weighted by Crippen LogP contribution is 2.38. The zero-order chi connectivity index (χ0) is 12.8. The molecule has 2 unspecified atom stereocenters. The maximum Gasteiger partial charge on any atom is 0.304 e. The number of nitrogens with one attached hydrogen (secondary N) is 1. The molecule has 2 atom stereocenters. The smallest absolute Gasteiger partial charge is 0.304 e. The van der Waals surface area contributed by atoms with Crippen LogP contribution in [0.4, 0.5) is 0 Å². The zero-order valence-corrected chi connectivity index (χ0v) is 11.4. The van der Waals surface area contributed by atoms with E-state index in [4.69, 9.17) is 5.11 Å². The Labute approximate surface area is 110 Å². The monoisotopic (exact) mass is 253 g/mol. The number of hydrogen-bond acceptors (Lipinski definition) is 2. The van der Waals surface area contributed by atoms with Crippen molar-refractivity contribution in [3.05, 3.63) is 0 Å². The molecule has 2 aliphatic rings. The van der Waals surface area contributed by atoms with E-state index in [1.54, 1.807) is 0 Å². The summed E-state index contributed by atoms with van der Waals surface area (Å²) in [7, 11) is 0. The van der Waals surface area contributed by atoms with Gasteiger partial charge in [-0.25, -0.2) is 0 Å². The highest BCUT2D eigenvalue weighted by molar-refractivity contribution is 5.66. The van der Waals surface area contributed by atoms with Crippen LogP contribution in [0.1, 0.15) is 64.2 Å². The molecule has 0 spiro atoms. The van der Waals surface area contributed by atoms with Crippen LogP contribution in [-0.2, 0) is 4.79 Å². The lowest BCUT2D eigenvalue weighted by Gasteiger charge is -2.39. The van der Waals surface area contributed by atoms with Gasteiger partial charge in [0.1, 0.15) is 0 Å². The molecule has 0 aromatic carbocycles. The van der Waals surface area contributed by atoms with E-state index in [1.807, 2.05) is 0 Å². The summed E-state index contributed by atoms with van der Waals surface area (Å²) in [5, 5.41) is 12.2. The van der Waals surface area contributed by atoms with Crippen molar-refractivity contribution >= 4 is 5.97 Å². The first-order chi connectivity index (χ1) is 8.77. The van der Waals surface area contributed by atoms with Gasteiger partial charge in [0.25, 0.3) is 0 Å². The molecular weight excluding hydrogens is 226 g/mol. The van der Waals surface area contributed by atoms with E-state index in [0.29, 0.717) is 12.6 Å². The Morgan fingerprint density at radius 2 is 1.67 bits per heavy atom. The standard InChI is InChI=1S/C15H27NO2/c17-15(18)10-11-16-14-9-5-4-8-13(14)12-6-2-1-3-7-12/h12-14,16H,1-11H2,(H,17,18). The molecule has 0 aromatic rings. The van der Waals surface area contributed by atoms with Crippen LogP contribution in [0.2, 0.25) is 0 Å². The number of rotatable bonds is 5. The topological polar surface area (TPSA) is 49.3 Å². The van der Waals surface area contributed by atoms with Crippen molar-refractivity contribution in [2.75, 3.05) is 6.54 Å². The summed E-state index contributed by atoms with van der Waals surface area (Å²) in [6, 6.07) is 0.584. The maximum absolute atomic E-state index is 10.6. The minimum absolute atomic E-state index is 0.258. The highest BCUT2D eigenvalue weighted by atomic mass is 16.4. The Kier molecular flexibility index (Phi) is 5.48. The van der Waals surface area contributed by atoms with Crippen LogP contribution in [0.3, 0.4) is 0 Å². The first kappa shape index (κ1) is 13.9. The van der Waals surface area contributed by atoms with Gasteiger partial charge in [-0.1, -0.05) is 44.9 Å². The normalized spacial score (nSPS) is 30.2. The minimum atomic E-state index is -0.687. The van der Waals surface area contributed by atoms with Gasteiger partial charge < -0.3 is 10.4 Å². The summed E-state index contributed by atoms with van der Waals surface area (Å²) >= 11 is 0. The average molecular weight is 253 g/mol. The second kappa shape index (κ2) is 7.13. The SMILES string of the molecule is O=C(O)CCNC1CCCCC1C1CCCCC1. The predicted octanol–water partition coefficient (Wildman–Crippen LogP) is 3.19. The fourth-order valence-electron chi connectivity index (χ4n) is 3.90. The third-order valence-electron chi connectivity index (χ3n) is 4.82. The molecule has 0 radical (unpaired) electrons. The first-order valence-corrected chi connectivity index (χ1v) is 7.72. The molecule has 3 nitrogen and oxygen atoms in total. The molecule has 0 heterocycles. The molecule has 2 fully saturated rings. The van der Waals surface area contributed by atoms with E-state index in [9.17, 15) is 4.79 Å². The molecule has 2 aliphatic carbocycles. The van der Waals surface area contributed by atoms with Crippen molar-refractivity contribution in [3.63, 3.8) is 0 Å². The van der Waals surface area contributed by atoms with Crippen LogP contribution in [0.25, 0.3) is 0 Å². The van der Waals surface area contributed by atoms with Crippen LogP contribution in [-0.4, -0.2) is 23.7 Å². The Hall–Kier alpha value is -0.570. The Balaban J connectivity index is 1.82. The lowest BCUT2D eigenvalue weighted by molar-refractivity contribution is -0.136. The summed E-state index contributed by atoms with van der Waals surface area (Å²) in [5.41, 5.74) is 0. The lowest BCUT2D eigenvalue weighted by Crippen LogP contribution is -2.43. The molecule has 0 amide bonds. The largest absolute Gasteiger partial charge is 0.481 e. The van der Waals surface area contributed by atoms with Gasteiger partial charge in [0.05, 0.1) is 6.42 Å². The summed E-state index contributed by atoms with van der Waals surface area (Å²) in [5.74, 6) is 1.03. The van der Waals surface area contributed by atoms with Crippen molar-refractivity contribution < 1.29 is 9.90 Å². The number of carboxylic acids is 1. The number of aliphatic carboxylic acids is 1. The van der Waals surface area contributed by atoms with Gasteiger partial charge in [0, 0.05) is 12.6 Å². The number of carboxylic acid groups (broad SMARTS) is 1. The van der Waals surface area contributed by atoms with E-state index in [0.717, 1.165) is 11.8 Å². The van der Waals surface area contributed by atoms with Crippen LogP contribution < -0.4 is 5.32 Å². The molecule has 2 saturated carbocycles. The van der Waals surface area contributed by atoms with Gasteiger partial charge in [0.2, 0.25) is 0 Å². The molecule has 104 valence electrons. The van der Waals surface area contributed by atoms with E-state index < -0.39 is 5.97 Å². The van der Waals surface area contributed by atoms with Crippen molar-refractivity contribution in [1.29, 1.82) is 0 Å². The van der Waals surface area contributed by atoms with Gasteiger partial charge in [-0.2, -0.15) is 0 Å². The Morgan fingerprint density at radius 1 is 1.00 bits per heavy atom. The van der Waals surface area contributed by atoms with Gasteiger partial charge in [-0.15, -0.1) is 0 Å². The Morgan fingerprint density at radius 3 is 2.39 bits per heavy atom. The molecule has 0 bridgehead atoms. The van der Waals surface area contributed by atoms with Crippen molar-refractivity contribution in [3.8, 4) is 0 Å². The minimum Gasteiger partial charge on any atom is -0.481 e. The second-order valence-electron chi connectivity index (χ2n) is 6.05. The number of hydrogen-bond donors (Lipinski definition) is 2. The number of carbonyl (C=O) groups is 1. The summed E-state index contributed by atoms with van der Waals surface area (Å²) in [6.07, 6.45) is 12.6. The van der Waals surface area contributed by atoms with E-state index >= 15 is 0 Å². The van der Waals surface area contributed by atoms with Crippen molar-refractivity contribution in [2.45, 2.75) is 70.3 Å². The molecule has 0 saturated heterocycles. The van der Waals surface area contributed by atoms with Crippen LogP contribution in [0.5, 0.6) is 0 Å². The molecule has 3 heteroatoms. The second-order valence-corrected chi connectivity index (χ2v) is 6.05. The highest BCUT2D eigenvalue weighted by Gasteiger charge is 2.31. The fraction of sp³-hybridized carbons (Fsp3) is 0.933. The van der Waals surface area contributed by atoms with Crippen molar-refractivity contribution in [1.82, 2.24) is 5.32 Å². The third kappa shape index (κ3) is 3.98. The average Bonchev–Trinajstić information content (AvgIpc) is 2.40. The third-order valence-corrected chi connectivity index (χ3v) is 4.82. The Bertz CT molecular complexity index is 261. The molecule has 0 aromatic heterocycles. The molecular formula is C15H27NO2. The fourth-order valence-corrected chi connectivity index (χ4v) is 3.90. The van der Waals surface area contributed by atoms with Crippen LogP contribution >= 0.6 is 0 Å². The molecule has 2 N–H and O–H groups in total. The molecule has 2 rings (SSSR count). The van der Waals surface area contributed by atoms with Crippen LogP contribution in [0.15, 0.2) is 0 Å². The zero-order valence-electron chi connectivity index (χ0n) is 11.4. The summed E-state index contributed by atoms with van der Waals surface area (Å²) in [6.45, 7) is 0.642. The summed E-state index contributed by atoms with van der Waals surface area (Å²) in [4.78, 5) is 10.6. The molecule has 0 aliphatic heterocycles. The van der Waals surface area contributed by atoms with Gasteiger partial charge in [-0.05, 0) is 24.7 Å². The lowest BCUT2D eigenvalue weighted by atomic mass is 9.71. The maximum atomic E-state index is 10.6. The first-order valence-electron chi connectivity index (χ1n) is 7.72. The van der Waals surface area contributed by atoms with Crippen molar-refractivity contribution in [2.24, 2.45) is 11.8 Å².